The van der Waals surface area contributed by atoms with Crippen LogP contribution in [0.15, 0.2) is 28.6 Å². The molecule has 0 bridgehead atoms. The molecular weight excluding hydrogens is 276 g/mol. The van der Waals surface area contributed by atoms with Crippen molar-refractivity contribution in [3.63, 3.8) is 0 Å². The molecule has 1 heterocycles. The molecule has 2 aromatic rings. The second-order valence-electron chi connectivity index (χ2n) is 4.52. The van der Waals surface area contributed by atoms with Crippen molar-refractivity contribution in [3.05, 3.63) is 35.4 Å². The molecule has 0 saturated carbocycles. The molecule has 0 fully saturated rings. The quantitative estimate of drug-likeness (QED) is 0.859. The van der Waals surface area contributed by atoms with E-state index in [9.17, 15) is 0 Å². The van der Waals surface area contributed by atoms with E-state index in [1.807, 2.05) is 31.1 Å². The minimum Gasteiger partial charge on any atom is -0.353 e. The second kappa shape index (κ2) is 6.36. The van der Waals surface area contributed by atoms with Gasteiger partial charge >= 0.3 is 0 Å². The molecule has 0 saturated heterocycles. The molecule has 1 aromatic heterocycles. The van der Waals surface area contributed by atoms with Crippen LogP contribution < -0.4 is 10.6 Å². The molecular formula is C13H18N4S2. The predicted molar refractivity (Wildman–Crippen MR) is 83.1 cm³/mol. The van der Waals surface area contributed by atoms with Gasteiger partial charge in [-0.05, 0) is 18.1 Å². The van der Waals surface area contributed by atoms with Gasteiger partial charge < -0.3 is 10.6 Å². The fourth-order valence-corrected chi connectivity index (χ4v) is 3.46. The molecule has 19 heavy (non-hydrogen) atoms. The predicted octanol–water partition coefficient (Wildman–Crippen LogP) is 2.70. The number of hydrogen-bond donors (Lipinski definition) is 1. The van der Waals surface area contributed by atoms with Gasteiger partial charge in [-0.1, -0.05) is 47.4 Å². The van der Waals surface area contributed by atoms with Gasteiger partial charge in [0.2, 0.25) is 5.13 Å². The molecule has 2 N–H and O–H groups in total. The van der Waals surface area contributed by atoms with Crippen LogP contribution >= 0.6 is 23.1 Å². The smallest absolute Gasteiger partial charge is 0.208 e. The van der Waals surface area contributed by atoms with Gasteiger partial charge in [-0.15, -0.1) is 10.2 Å². The third-order valence-electron chi connectivity index (χ3n) is 2.75. The molecule has 4 nitrogen and oxygen atoms in total. The lowest BCUT2D eigenvalue weighted by molar-refractivity contribution is 0.821. The maximum Gasteiger partial charge on any atom is 0.208 e. The van der Waals surface area contributed by atoms with E-state index in [0.29, 0.717) is 0 Å². The normalized spacial score (nSPS) is 12.4. The van der Waals surface area contributed by atoms with E-state index in [0.717, 1.165) is 15.2 Å². The monoisotopic (exact) mass is 294 g/mol. The van der Waals surface area contributed by atoms with E-state index >= 15 is 0 Å². The van der Waals surface area contributed by atoms with Crippen molar-refractivity contribution in [2.24, 2.45) is 5.73 Å². The molecule has 0 radical (unpaired) electrons. The molecule has 2 rings (SSSR count). The van der Waals surface area contributed by atoms with Gasteiger partial charge in [0.25, 0.3) is 0 Å². The van der Waals surface area contributed by atoms with Crippen molar-refractivity contribution in [1.29, 1.82) is 0 Å². The maximum absolute atomic E-state index is 6.24. The highest BCUT2D eigenvalue weighted by Gasteiger charge is 2.12. The molecule has 1 unspecified atom stereocenters. The summed E-state index contributed by atoms with van der Waals surface area (Å²) in [7, 11) is 3.93. The minimum atomic E-state index is 0.0258. The number of rotatable bonds is 5. The first-order valence-corrected chi connectivity index (χ1v) is 7.83. The maximum atomic E-state index is 6.24. The Balaban J connectivity index is 1.96. The molecule has 0 spiro atoms. The highest BCUT2D eigenvalue weighted by Crippen LogP contribution is 2.29. The Kier molecular flexibility index (Phi) is 4.79. The summed E-state index contributed by atoms with van der Waals surface area (Å²) in [5.41, 5.74) is 8.67. The average Bonchev–Trinajstić information content (AvgIpc) is 2.85. The van der Waals surface area contributed by atoms with Crippen LogP contribution in [0, 0.1) is 6.92 Å². The Hall–Kier alpha value is -1.11. The topological polar surface area (TPSA) is 55.0 Å². The Morgan fingerprint density at radius 1 is 1.32 bits per heavy atom. The Labute approximate surface area is 122 Å². The van der Waals surface area contributed by atoms with Crippen molar-refractivity contribution >= 4 is 28.2 Å². The van der Waals surface area contributed by atoms with Crippen LogP contribution in [0.3, 0.4) is 0 Å². The number of nitrogens with zero attached hydrogens (tertiary/aromatic N) is 3. The van der Waals surface area contributed by atoms with Crippen molar-refractivity contribution in [1.82, 2.24) is 10.2 Å². The number of hydrogen-bond acceptors (Lipinski definition) is 6. The van der Waals surface area contributed by atoms with Crippen LogP contribution in [-0.2, 0) is 0 Å². The fraction of sp³-hybridized carbons (Fsp3) is 0.385. The summed E-state index contributed by atoms with van der Waals surface area (Å²) >= 11 is 3.26. The first-order chi connectivity index (χ1) is 9.08. The third kappa shape index (κ3) is 3.68. The SMILES string of the molecule is Cc1ccccc1C(N)CSc1nnc(N(C)C)s1. The van der Waals surface area contributed by atoms with E-state index in [4.69, 9.17) is 5.73 Å². The number of benzene rings is 1. The van der Waals surface area contributed by atoms with Gasteiger partial charge in [-0.3, -0.25) is 0 Å². The molecule has 0 aliphatic rings. The average molecular weight is 294 g/mol. The Morgan fingerprint density at radius 3 is 2.68 bits per heavy atom. The van der Waals surface area contributed by atoms with Crippen molar-refractivity contribution in [3.8, 4) is 0 Å². The van der Waals surface area contributed by atoms with Crippen LogP contribution in [0.25, 0.3) is 0 Å². The number of thioether (sulfide) groups is 1. The summed E-state index contributed by atoms with van der Waals surface area (Å²) in [6.45, 7) is 2.09. The van der Waals surface area contributed by atoms with Gasteiger partial charge in [0.15, 0.2) is 4.34 Å². The number of nitrogens with two attached hydrogens (primary N) is 1. The van der Waals surface area contributed by atoms with Gasteiger partial charge in [-0.25, -0.2) is 0 Å². The summed E-state index contributed by atoms with van der Waals surface area (Å²) in [5.74, 6) is 0.812. The number of anilines is 1. The van der Waals surface area contributed by atoms with Crippen molar-refractivity contribution in [2.45, 2.75) is 17.3 Å². The zero-order valence-corrected chi connectivity index (χ0v) is 13.0. The molecule has 0 aliphatic heterocycles. The number of aromatic nitrogens is 2. The van der Waals surface area contributed by atoms with Crippen LogP contribution in [0.4, 0.5) is 5.13 Å². The molecule has 1 aromatic carbocycles. The molecule has 1 atom stereocenters. The van der Waals surface area contributed by atoms with Crippen LogP contribution in [0.5, 0.6) is 0 Å². The number of aryl methyl sites for hydroxylation is 1. The van der Waals surface area contributed by atoms with Gasteiger partial charge in [0, 0.05) is 25.9 Å². The molecule has 102 valence electrons. The van der Waals surface area contributed by atoms with Crippen LogP contribution in [0.1, 0.15) is 17.2 Å². The summed E-state index contributed by atoms with van der Waals surface area (Å²) in [6.07, 6.45) is 0. The summed E-state index contributed by atoms with van der Waals surface area (Å²) in [4.78, 5) is 1.96. The minimum absolute atomic E-state index is 0.0258. The fourth-order valence-electron chi connectivity index (χ4n) is 1.70. The first-order valence-electron chi connectivity index (χ1n) is 6.02. The Bertz CT molecular complexity index is 539. The van der Waals surface area contributed by atoms with Crippen molar-refractivity contribution in [2.75, 3.05) is 24.7 Å². The molecule has 0 amide bonds. The first kappa shape index (κ1) is 14.3. The van der Waals surface area contributed by atoms with E-state index in [2.05, 4.69) is 29.3 Å². The largest absolute Gasteiger partial charge is 0.353 e. The third-order valence-corrected chi connectivity index (χ3v) is 5.10. The highest BCUT2D eigenvalue weighted by atomic mass is 32.2. The standard InChI is InChI=1S/C13H18N4S2/c1-9-6-4-5-7-10(9)11(14)8-18-13-16-15-12(19-13)17(2)3/h4-7,11H,8,14H2,1-3H3. The van der Waals surface area contributed by atoms with Gasteiger partial charge in [0.05, 0.1) is 0 Å². The van der Waals surface area contributed by atoms with E-state index in [1.165, 1.54) is 11.1 Å². The lowest BCUT2D eigenvalue weighted by Crippen LogP contribution is -2.14. The lowest BCUT2D eigenvalue weighted by Gasteiger charge is -2.13. The summed E-state index contributed by atoms with van der Waals surface area (Å²) in [5, 5.41) is 9.20. The zero-order chi connectivity index (χ0) is 13.8. The van der Waals surface area contributed by atoms with Crippen LogP contribution in [-0.4, -0.2) is 30.0 Å². The lowest BCUT2D eigenvalue weighted by atomic mass is 10.0. The molecule has 0 aliphatic carbocycles. The zero-order valence-electron chi connectivity index (χ0n) is 11.3. The van der Waals surface area contributed by atoms with Crippen LogP contribution in [0.2, 0.25) is 0 Å². The van der Waals surface area contributed by atoms with Gasteiger partial charge in [0.1, 0.15) is 0 Å². The van der Waals surface area contributed by atoms with Crippen molar-refractivity contribution < 1.29 is 0 Å². The highest BCUT2D eigenvalue weighted by molar-refractivity contribution is 8.01. The second-order valence-corrected chi connectivity index (χ2v) is 6.74. The summed E-state index contributed by atoms with van der Waals surface area (Å²) in [6, 6.07) is 8.27. The molecule has 6 heteroatoms. The summed E-state index contributed by atoms with van der Waals surface area (Å²) < 4.78 is 0.965. The van der Waals surface area contributed by atoms with E-state index in [-0.39, 0.29) is 6.04 Å². The Morgan fingerprint density at radius 2 is 2.05 bits per heavy atom. The van der Waals surface area contributed by atoms with Gasteiger partial charge in [-0.2, -0.15) is 0 Å². The van der Waals surface area contributed by atoms with E-state index < -0.39 is 0 Å². The van der Waals surface area contributed by atoms with E-state index in [1.54, 1.807) is 23.1 Å².